The molecule has 0 spiro atoms. The van der Waals surface area contributed by atoms with Gasteiger partial charge in [-0.3, -0.25) is 0 Å². The van der Waals surface area contributed by atoms with Crippen LogP contribution in [0.25, 0.3) is 0 Å². The first kappa shape index (κ1) is 16.1. The number of rotatable bonds is 3. The summed E-state index contributed by atoms with van der Waals surface area (Å²) in [6, 6.07) is 4.64. The van der Waals surface area contributed by atoms with E-state index in [1.165, 1.54) is 6.07 Å². The molecule has 5 heteroatoms. The van der Waals surface area contributed by atoms with Gasteiger partial charge < -0.3 is 10.6 Å². The van der Waals surface area contributed by atoms with Crippen molar-refractivity contribution in [1.29, 1.82) is 0 Å². The van der Waals surface area contributed by atoms with Crippen molar-refractivity contribution in [2.24, 2.45) is 11.7 Å². The quantitative estimate of drug-likeness (QED) is 0.919. The third-order valence-electron chi connectivity index (χ3n) is 4.16. The molecule has 1 aromatic rings. The maximum atomic E-state index is 13.3. The molecule has 2 N–H and O–H groups in total. The van der Waals surface area contributed by atoms with Crippen molar-refractivity contribution in [3.63, 3.8) is 0 Å². The van der Waals surface area contributed by atoms with Crippen LogP contribution in [0, 0.1) is 5.92 Å². The zero-order valence-corrected chi connectivity index (χ0v) is 12.4. The minimum atomic E-state index is -4.32. The molecule has 1 unspecified atom stereocenters. The molecule has 1 fully saturated rings. The van der Waals surface area contributed by atoms with Gasteiger partial charge in [0, 0.05) is 18.8 Å². The van der Waals surface area contributed by atoms with Crippen LogP contribution in [0.15, 0.2) is 18.2 Å². The van der Waals surface area contributed by atoms with Gasteiger partial charge in [-0.2, -0.15) is 13.2 Å². The van der Waals surface area contributed by atoms with Gasteiger partial charge >= 0.3 is 6.18 Å². The molecule has 0 saturated carbocycles. The molecule has 0 radical (unpaired) electrons. The Kier molecular flexibility index (Phi) is 5.14. The second-order valence-corrected chi connectivity index (χ2v) is 5.91. The van der Waals surface area contributed by atoms with E-state index >= 15 is 0 Å². The summed E-state index contributed by atoms with van der Waals surface area (Å²) in [6.07, 6.45) is -0.869. The minimum Gasteiger partial charge on any atom is -0.371 e. The molecule has 2 rings (SSSR count). The first-order valence-electron chi connectivity index (χ1n) is 7.57. The molecule has 1 aliphatic rings. The number of hydrogen-bond donors (Lipinski definition) is 1. The van der Waals surface area contributed by atoms with Crippen molar-refractivity contribution >= 4 is 5.69 Å². The summed E-state index contributed by atoms with van der Waals surface area (Å²) in [6.45, 7) is 3.92. The van der Waals surface area contributed by atoms with Gasteiger partial charge in [0.15, 0.2) is 0 Å². The molecule has 0 aliphatic carbocycles. The maximum Gasteiger partial charge on any atom is 0.418 e. The molecular formula is C16H23F3N2. The summed E-state index contributed by atoms with van der Waals surface area (Å²) in [7, 11) is 0. The van der Waals surface area contributed by atoms with Gasteiger partial charge in [-0.15, -0.1) is 0 Å². The lowest BCUT2D eigenvalue weighted by Crippen LogP contribution is -2.27. The Bertz CT molecular complexity index is 471. The van der Waals surface area contributed by atoms with Crippen LogP contribution in [0.1, 0.15) is 37.3 Å². The summed E-state index contributed by atoms with van der Waals surface area (Å²) in [4.78, 5) is 1.89. The fourth-order valence-electron chi connectivity index (χ4n) is 2.91. The number of nitrogens with zero attached hydrogens (tertiary/aromatic N) is 1. The predicted molar refractivity (Wildman–Crippen MR) is 79.4 cm³/mol. The van der Waals surface area contributed by atoms with Crippen molar-refractivity contribution in [1.82, 2.24) is 0 Å². The van der Waals surface area contributed by atoms with Gasteiger partial charge in [0.05, 0.1) is 5.56 Å². The normalized spacial score (nSPS) is 20.4. The summed E-state index contributed by atoms with van der Waals surface area (Å²) in [5.41, 5.74) is 5.89. The molecule has 1 atom stereocenters. The monoisotopic (exact) mass is 300 g/mol. The van der Waals surface area contributed by atoms with Crippen LogP contribution in [-0.4, -0.2) is 19.6 Å². The van der Waals surface area contributed by atoms with Gasteiger partial charge in [0.2, 0.25) is 0 Å². The van der Waals surface area contributed by atoms with E-state index in [2.05, 4.69) is 6.92 Å². The van der Waals surface area contributed by atoms with Gasteiger partial charge in [-0.1, -0.05) is 13.0 Å². The third-order valence-corrected chi connectivity index (χ3v) is 4.16. The van der Waals surface area contributed by atoms with Crippen LogP contribution in [0.4, 0.5) is 18.9 Å². The number of alkyl halides is 3. The van der Waals surface area contributed by atoms with E-state index in [9.17, 15) is 13.2 Å². The summed E-state index contributed by atoms with van der Waals surface area (Å²) >= 11 is 0. The van der Waals surface area contributed by atoms with E-state index in [-0.39, 0.29) is 0 Å². The lowest BCUT2D eigenvalue weighted by Gasteiger charge is -2.27. The van der Waals surface area contributed by atoms with E-state index in [1.54, 1.807) is 12.1 Å². The highest BCUT2D eigenvalue weighted by Gasteiger charge is 2.35. The lowest BCUT2D eigenvalue weighted by atomic mass is 10.0. The van der Waals surface area contributed by atoms with E-state index in [4.69, 9.17) is 5.73 Å². The number of halogens is 3. The average Bonchev–Trinajstić information content (AvgIpc) is 2.63. The van der Waals surface area contributed by atoms with Gasteiger partial charge in [0.1, 0.15) is 0 Å². The Morgan fingerprint density at radius 2 is 2.00 bits per heavy atom. The maximum absolute atomic E-state index is 13.3. The van der Waals surface area contributed by atoms with E-state index in [1.807, 2.05) is 4.90 Å². The standard InChI is InChI=1S/C16H23F3N2/c1-12-3-2-9-21(10-7-12)15-5-4-13(6-8-20)11-14(15)16(17,18)19/h4-5,11-12H,2-3,6-10,20H2,1H3. The minimum absolute atomic E-state index is 0.317. The van der Waals surface area contributed by atoms with Gasteiger partial charge in [0.25, 0.3) is 0 Å². The molecule has 0 amide bonds. The third kappa shape index (κ3) is 4.13. The van der Waals surface area contributed by atoms with Gasteiger partial charge in [-0.25, -0.2) is 0 Å². The average molecular weight is 300 g/mol. The van der Waals surface area contributed by atoms with Crippen molar-refractivity contribution in [3.8, 4) is 0 Å². The zero-order chi connectivity index (χ0) is 15.5. The first-order chi connectivity index (χ1) is 9.91. The largest absolute Gasteiger partial charge is 0.418 e. The van der Waals surface area contributed by atoms with Crippen LogP contribution in [0.2, 0.25) is 0 Å². The van der Waals surface area contributed by atoms with Crippen molar-refractivity contribution in [2.45, 2.75) is 38.8 Å². The van der Waals surface area contributed by atoms with E-state index in [0.717, 1.165) is 19.3 Å². The number of nitrogens with two attached hydrogens (primary N) is 1. The summed E-state index contributed by atoms with van der Waals surface area (Å²) in [5, 5.41) is 0. The topological polar surface area (TPSA) is 29.3 Å². The van der Waals surface area contributed by atoms with E-state index < -0.39 is 11.7 Å². The van der Waals surface area contributed by atoms with Crippen LogP contribution in [-0.2, 0) is 12.6 Å². The van der Waals surface area contributed by atoms with Crippen LogP contribution in [0.3, 0.4) is 0 Å². The van der Waals surface area contributed by atoms with E-state index in [0.29, 0.717) is 43.2 Å². The Balaban J connectivity index is 2.33. The van der Waals surface area contributed by atoms with Crippen molar-refractivity contribution in [3.05, 3.63) is 29.3 Å². The van der Waals surface area contributed by atoms with Crippen LogP contribution < -0.4 is 10.6 Å². The fraction of sp³-hybridized carbons (Fsp3) is 0.625. The first-order valence-corrected chi connectivity index (χ1v) is 7.57. The zero-order valence-electron chi connectivity index (χ0n) is 12.4. The number of benzene rings is 1. The molecule has 1 heterocycles. The molecule has 0 bridgehead atoms. The molecular weight excluding hydrogens is 277 g/mol. The predicted octanol–water partition coefficient (Wildman–Crippen LogP) is 3.83. The van der Waals surface area contributed by atoms with Crippen LogP contribution >= 0.6 is 0 Å². The second kappa shape index (κ2) is 6.69. The highest BCUT2D eigenvalue weighted by Crippen LogP contribution is 2.38. The fourth-order valence-corrected chi connectivity index (χ4v) is 2.91. The lowest BCUT2D eigenvalue weighted by molar-refractivity contribution is -0.137. The highest BCUT2D eigenvalue weighted by molar-refractivity contribution is 5.56. The van der Waals surface area contributed by atoms with Crippen molar-refractivity contribution in [2.75, 3.05) is 24.5 Å². The molecule has 1 aliphatic heterocycles. The Hall–Kier alpha value is -1.23. The molecule has 0 aromatic heterocycles. The number of anilines is 1. The SMILES string of the molecule is CC1CCCN(c2ccc(CCN)cc2C(F)(F)F)CC1. The molecule has 2 nitrogen and oxygen atoms in total. The summed E-state index contributed by atoms with van der Waals surface area (Å²) in [5.74, 6) is 0.584. The van der Waals surface area contributed by atoms with Crippen molar-refractivity contribution < 1.29 is 13.2 Å². The Morgan fingerprint density at radius 3 is 2.67 bits per heavy atom. The molecule has 21 heavy (non-hydrogen) atoms. The Labute approximate surface area is 124 Å². The van der Waals surface area contributed by atoms with Crippen LogP contribution in [0.5, 0.6) is 0 Å². The number of hydrogen-bond acceptors (Lipinski definition) is 2. The molecule has 118 valence electrons. The smallest absolute Gasteiger partial charge is 0.371 e. The molecule has 1 aromatic carbocycles. The molecule has 1 saturated heterocycles. The highest BCUT2D eigenvalue weighted by atomic mass is 19.4. The second-order valence-electron chi connectivity index (χ2n) is 5.91. The van der Waals surface area contributed by atoms with Gasteiger partial charge in [-0.05, 0) is 55.8 Å². The summed E-state index contributed by atoms with van der Waals surface area (Å²) < 4.78 is 40.0. The Morgan fingerprint density at radius 1 is 1.24 bits per heavy atom.